The van der Waals surface area contributed by atoms with Crippen molar-refractivity contribution in [1.29, 1.82) is 0 Å². The Balaban J connectivity index is 1.47. The van der Waals surface area contributed by atoms with Gasteiger partial charge in [-0.25, -0.2) is 13.1 Å². The number of hydrogen-bond acceptors (Lipinski definition) is 6. The molecular formula is C24H24N2O5S2. The van der Waals surface area contributed by atoms with Crippen molar-refractivity contribution in [1.82, 2.24) is 4.72 Å². The minimum Gasteiger partial charge on any atom is -0.456 e. The average molecular weight is 485 g/mol. The van der Waals surface area contributed by atoms with E-state index in [-0.39, 0.29) is 17.9 Å². The number of hydrogen-bond donors (Lipinski definition) is 2. The van der Waals surface area contributed by atoms with Gasteiger partial charge in [0.15, 0.2) is 6.61 Å². The zero-order valence-electron chi connectivity index (χ0n) is 18.0. The van der Waals surface area contributed by atoms with Crippen molar-refractivity contribution in [2.24, 2.45) is 0 Å². The Morgan fingerprint density at radius 2 is 1.58 bits per heavy atom. The summed E-state index contributed by atoms with van der Waals surface area (Å²) in [5.41, 5.74) is 1.43. The Hall–Kier alpha value is -3.14. The highest BCUT2D eigenvalue weighted by molar-refractivity contribution is 7.99. The van der Waals surface area contributed by atoms with Gasteiger partial charge in [-0.2, -0.15) is 0 Å². The van der Waals surface area contributed by atoms with Crippen molar-refractivity contribution in [3.05, 3.63) is 84.4 Å². The SMILES string of the molecule is CNS(=O)(=O)c1ccc(CCC(=O)OCC(=O)Nc2ccccc2Sc2ccccc2)cc1. The van der Waals surface area contributed by atoms with E-state index in [9.17, 15) is 18.0 Å². The fourth-order valence-electron chi connectivity index (χ4n) is 2.88. The van der Waals surface area contributed by atoms with Crippen molar-refractivity contribution in [2.45, 2.75) is 27.5 Å². The van der Waals surface area contributed by atoms with Crippen molar-refractivity contribution in [3.8, 4) is 0 Å². The van der Waals surface area contributed by atoms with Crippen LogP contribution >= 0.6 is 11.8 Å². The minimum atomic E-state index is -3.50. The molecule has 0 unspecified atom stereocenters. The molecule has 0 saturated carbocycles. The first-order valence-electron chi connectivity index (χ1n) is 10.2. The van der Waals surface area contributed by atoms with Gasteiger partial charge in [0.25, 0.3) is 5.91 Å². The third-order valence-electron chi connectivity index (χ3n) is 4.62. The summed E-state index contributed by atoms with van der Waals surface area (Å²) in [4.78, 5) is 26.4. The standard InChI is InChI=1S/C24H24N2O5S2/c1-25-33(29,30)20-14-11-18(12-15-20)13-16-24(28)31-17-23(27)26-21-9-5-6-10-22(21)32-19-7-3-2-4-8-19/h2-12,14-15,25H,13,16-17H2,1H3,(H,26,27). The highest BCUT2D eigenvalue weighted by atomic mass is 32.2. The Morgan fingerprint density at radius 3 is 2.27 bits per heavy atom. The summed E-state index contributed by atoms with van der Waals surface area (Å²) in [6.07, 6.45) is 0.447. The predicted molar refractivity (Wildman–Crippen MR) is 128 cm³/mol. The van der Waals surface area contributed by atoms with Crippen LogP contribution in [0.1, 0.15) is 12.0 Å². The topological polar surface area (TPSA) is 102 Å². The maximum Gasteiger partial charge on any atom is 0.306 e. The number of benzene rings is 3. The van der Waals surface area contributed by atoms with Gasteiger partial charge in [-0.05, 0) is 55.4 Å². The molecule has 0 aromatic heterocycles. The van der Waals surface area contributed by atoms with Gasteiger partial charge in [-0.3, -0.25) is 9.59 Å². The summed E-state index contributed by atoms with van der Waals surface area (Å²) in [5.74, 6) is -0.935. The van der Waals surface area contributed by atoms with E-state index < -0.39 is 21.9 Å². The fraction of sp³-hybridized carbons (Fsp3) is 0.167. The Bertz CT molecular complexity index is 1200. The van der Waals surface area contributed by atoms with Gasteiger partial charge in [0.05, 0.1) is 10.6 Å². The minimum absolute atomic E-state index is 0.0752. The number of nitrogens with one attached hydrogen (secondary N) is 2. The number of ether oxygens (including phenoxy) is 1. The second-order valence-corrected chi connectivity index (χ2v) is 9.97. The third-order valence-corrected chi connectivity index (χ3v) is 7.13. The average Bonchev–Trinajstić information content (AvgIpc) is 2.83. The number of amides is 1. The third kappa shape index (κ3) is 7.45. The van der Waals surface area contributed by atoms with E-state index in [1.807, 2.05) is 48.5 Å². The molecule has 3 aromatic carbocycles. The lowest BCUT2D eigenvalue weighted by Crippen LogP contribution is -2.21. The van der Waals surface area contributed by atoms with E-state index >= 15 is 0 Å². The van der Waals surface area contributed by atoms with Crippen LogP contribution in [0.4, 0.5) is 5.69 Å². The molecular weight excluding hydrogens is 460 g/mol. The number of anilines is 1. The van der Waals surface area contributed by atoms with Gasteiger partial charge >= 0.3 is 5.97 Å². The first-order chi connectivity index (χ1) is 15.9. The van der Waals surface area contributed by atoms with Crippen LogP contribution in [-0.2, 0) is 30.8 Å². The molecule has 0 spiro atoms. The molecule has 0 radical (unpaired) electrons. The molecule has 0 atom stereocenters. The highest BCUT2D eigenvalue weighted by Gasteiger charge is 2.13. The highest BCUT2D eigenvalue weighted by Crippen LogP contribution is 2.33. The molecule has 2 N–H and O–H groups in total. The molecule has 0 aliphatic heterocycles. The Kier molecular flexibility index (Phi) is 8.65. The summed E-state index contributed by atoms with van der Waals surface area (Å²) < 4.78 is 30.8. The smallest absolute Gasteiger partial charge is 0.306 e. The van der Waals surface area contributed by atoms with Crippen LogP contribution < -0.4 is 10.0 Å². The normalized spacial score (nSPS) is 11.1. The second kappa shape index (κ2) is 11.6. The summed E-state index contributed by atoms with van der Waals surface area (Å²) >= 11 is 1.53. The van der Waals surface area contributed by atoms with Crippen molar-refractivity contribution in [2.75, 3.05) is 19.0 Å². The second-order valence-electron chi connectivity index (χ2n) is 6.97. The van der Waals surface area contributed by atoms with Crippen LogP contribution in [0, 0.1) is 0 Å². The number of esters is 1. The molecule has 172 valence electrons. The molecule has 0 aliphatic rings. The lowest BCUT2D eigenvalue weighted by atomic mass is 10.1. The van der Waals surface area contributed by atoms with E-state index in [1.54, 1.807) is 18.2 Å². The number of para-hydroxylation sites is 1. The zero-order chi connectivity index (χ0) is 23.7. The number of aryl methyl sites for hydroxylation is 1. The van der Waals surface area contributed by atoms with Gasteiger partial charge < -0.3 is 10.1 Å². The molecule has 1 amide bonds. The number of sulfonamides is 1. The van der Waals surface area contributed by atoms with Crippen molar-refractivity contribution in [3.63, 3.8) is 0 Å². The zero-order valence-corrected chi connectivity index (χ0v) is 19.6. The van der Waals surface area contributed by atoms with Gasteiger partial charge in [0.1, 0.15) is 0 Å². The number of carbonyl (C=O) groups is 2. The molecule has 0 aliphatic carbocycles. The van der Waals surface area contributed by atoms with Crippen LogP contribution in [0.3, 0.4) is 0 Å². The number of carbonyl (C=O) groups excluding carboxylic acids is 2. The first kappa shape index (κ1) is 24.5. The molecule has 3 rings (SSSR count). The van der Waals surface area contributed by atoms with E-state index in [4.69, 9.17) is 4.74 Å². The van der Waals surface area contributed by atoms with Crippen LogP contribution in [0.15, 0.2) is 93.5 Å². The summed E-state index contributed by atoms with van der Waals surface area (Å²) in [5, 5.41) is 2.79. The largest absolute Gasteiger partial charge is 0.456 e. The molecule has 0 heterocycles. The van der Waals surface area contributed by atoms with Crippen LogP contribution in [-0.4, -0.2) is 33.9 Å². The molecule has 0 fully saturated rings. The Labute approximate surface area is 197 Å². The maximum atomic E-state index is 12.3. The quantitative estimate of drug-likeness (QED) is 0.424. The van der Waals surface area contributed by atoms with Gasteiger partial charge in [-0.15, -0.1) is 0 Å². The molecule has 3 aromatic rings. The Morgan fingerprint density at radius 1 is 0.909 bits per heavy atom. The predicted octanol–water partition coefficient (Wildman–Crippen LogP) is 3.86. The van der Waals surface area contributed by atoms with E-state index in [0.717, 1.165) is 15.4 Å². The van der Waals surface area contributed by atoms with Gasteiger partial charge in [0.2, 0.25) is 10.0 Å². The molecule has 0 saturated heterocycles. The molecule has 0 bridgehead atoms. The fourth-order valence-corrected chi connectivity index (χ4v) is 4.53. The van der Waals surface area contributed by atoms with E-state index in [2.05, 4.69) is 10.0 Å². The monoisotopic (exact) mass is 484 g/mol. The number of rotatable bonds is 10. The first-order valence-corrected chi connectivity index (χ1v) is 12.5. The summed E-state index contributed by atoms with van der Waals surface area (Å²) in [7, 11) is -2.16. The van der Waals surface area contributed by atoms with Gasteiger partial charge in [0, 0.05) is 16.2 Å². The van der Waals surface area contributed by atoms with Crippen molar-refractivity contribution >= 4 is 39.3 Å². The van der Waals surface area contributed by atoms with Crippen LogP contribution in [0.2, 0.25) is 0 Å². The molecule has 9 heteroatoms. The summed E-state index contributed by atoms with van der Waals surface area (Å²) in [6, 6.07) is 23.5. The van der Waals surface area contributed by atoms with Crippen LogP contribution in [0.5, 0.6) is 0 Å². The maximum absolute atomic E-state index is 12.3. The lowest BCUT2D eigenvalue weighted by Gasteiger charge is -2.11. The van der Waals surface area contributed by atoms with E-state index in [1.165, 1.54) is 30.9 Å². The van der Waals surface area contributed by atoms with Crippen LogP contribution in [0.25, 0.3) is 0 Å². The molecule has 33 heavy (non-hydrogen) atoms. The van der Waals surface area contributed by atoms with Crippen molar-refractivity contribution < 1.29 is 22.7 Å². The van der Waals surface area contributed by atoms with Gasteiger partial charge in [-0.1, -0.05) is 54.2 Å². The molecule has 7 nitrogen and oxygen atoms in total. The lowest BCUT2D eigenvalue weighted by molar-refractivity contribution is -0.147. The van der Waals surface area contributed by atoms with E-state index in [0.29, 0.717) is 12.1 Å². The summed E-state index contributed by atoms with van der Waals surface area (Å²) in [6.45, 7) is -0.386.